The van der Waals surface area contributed by atoms with Crippen LogP contribution in [0.4, 0.5) is 23.2 Å². The highest BCUT2D eigenvalue weighted by atomic mass is 19.3. The number of carbonyl (C=O) groups is 2. The summed E-state index contributed by atoms with van der Waals surface area (Å²) in [5, 5.41) is 10.2. The molecule has 1 unspecified atom stereocenters. The van der Waals surface area contributed by atoms with Gasteiger partial charge in [-0.3, -0.25) is 14.5 Å². The number of benzene rings is 2. The van der Waals surface area contributed by atoms with Crippen LogP contribution in [0.15, 0.2) is 42.5 Å². The molecular weight excluding hydrogens is 512 g/mol. The summed E-state index contributed by atoms with van der Waals surface area (Å²) in [7, 11) is 0. The number of likely N-dealkylation sites (tertiary alicyclic amines) is 1. The summed E-state index contributed by atoms with van der Waals surface area (Å²) in [4.78, 5) is 29.2. The monoisotopic (exact) mass is 548 g/mol. The van der Waals surface area contributed by atoms with Crippen LogP contribution < -0.4 is 4.90 Å². The number of carboxylic acids is 1. The molecule has 1 saturated carbocycles. The third kappa shape index (κ3) is 6.62. The van der Waals surface area contributed by atoms with Gasteiger partial charge in [0, 0.05) is 37.4 Å². The van der Waals surface area contributed by atoms with Crippen molar-refractivity contribution in [3.8, 4) is 0 Å². The lowest BCUT2D eigenvalue weighted by molar-refractivity contribution is -0.155. The molecule has 1 heterocycles. The number of halogens is 4. The molecule has 39 heavy (non-hydrogen) atoms. The largest absolute Gasteiger partial charge is 0.481 e. The molecule has 2 aliphatic rings. The highest BCUT2D eigenvalue weighted by Crippen LogP contribution is 2.41. The molecule has 1 aliphatic carbocycles. The number of rotatable bonds is 8. The van der Waals surface area contributed by atoms with E-state index in [9.17, 15) is 32.3 Å². The molecule has 2 fully saturated rings. The Bertz CT molecular complexity index is 1190. The molecule has 1 amide bonds. The lowest BCUT2D eigenvalue weighted by Gasteiger charge is -2.42. The number of amides is 1. The van der Waals surface area contributed by atoms with Crippen LogP contribution >= 0.6 is 0 Å². The number of aliphatic carboxylic acids is 1. The lowest BCUT2D eigenvalue weighted by atomic mass is 9.75. The van der Waals surface area contributed by atoms with Crippen LogP contribution in [0.5, 0.6) is 0 Å². The molecule has 0 spiro atoms. The zero-order valence-electron chi connectivity index (χ0n) is 22.4. The van der Waals surface area contributed by atoms with Crippen molar-refractivity contribution in [2.75, 3.05) is 18.0 Å². The molecule has 0 bridgehead atoms. The Labute approximate surface area is 226 Å². The second-order valence-electron chi connectivity index (χ2n) is 11.4. The molecule has 1 aliphatic heterocycles. The first-order chi connectivity index (χ1) is 18.4. The predicted octanol–water partition coefficient (Wildman–Crippen LogP) is 6.76. The van der Waals surface area contributed by atoms with Gasteiger partial charge in [0.05, 0.1) is 11.1 Å². The van der Waals surface area contributed by atoms with E-state index in [0.717, 1.165) is 16.5 Å². The van der Waals surface area contributed by atoms with Crippen molar-refractivity contribution in [2.24, 2.45) is 5.41 Å². The molecule has 0 aromatic heterocycles. The average molecular weight is 549 g/mol. The van der Waals surface area contributed by atoms with Gasteiger partial charge in [0.1, 0.15) is 11.6 Å². The molecule has 4 rings (SSSR count). The summed E-state index contributed by atoms with van der Waals surface area (Å²) in [6.45, 7) is 4.93. The van der Waals surface area contributed by atoms with Gasteiger partial charge in [0.15, 0.2) is 0 Å². The number of alkyl halides is 2. The van der Waals surface area contributed by atoms with Crippen LogP contribution in [0.3, 0.4) is 0 Å². The fourth-order valence-electron chi connectivity index (χ4n) is 5.82. The van der Waals surface area contributed by atoms with E-state index >= 15 is 0 Å². The Kier molecular flexibility index (Phi) is 8.69. The van der Waals surface area contributed by atoms with Crippen molar-refractivity contribution >= 4 is 17.6 Å². The number of piperidine rings is 1. The van der Waals surface area contributed by atoms with Crippen molar-refractivity contribution in [1.29, 1.82) is 0 Å². The highest BCUT2D eigenvalue weighted by molar-refractivity contribution is 5.97. The average Bonchev–Trinajstić information content (AvgIpc) is 2.87. The van der Waals surface area contributed by atoms with Crippen molar-refractivity contribution in [3.63, 3.8) is 0 Å². The number of carboxylic acid groups (broad SMARTS) is 1. The molecule has 2 aromatic carbocycles. The van der Waals surface area contributed by atoms with E-state index in [4.69, 9.17) is 0 Å². The quantitative estimate of drug-likeness (QED) is 0.371. The van der Waals surface area contributed by atoms with Crippen LogP contribution in [-0.4, -0.2) is 46.9 Å². The highest BCUT2D eigenvalue weighted by Gasteiger charge is 2.47. The van der Waals surface area contributed by atoms with E-state index in [1.165, 1.54) is 24.3 Å². The van der Waals surface area contributed by atoms with Crippen molar-refractivity contribution in [3.05, 3.63) is 65.2 Å². The lowest BCUT2D eigenvalue weighted by Crippen LogP contribution is -2.51. The van der Waals surface area contributed by atoms with Gasteiger partial charge in [-0.15, -0.1) is 0 Å². The van der Waals surface area contributed by atoms with Gasteiger partial charge in [-0.25, -0.2) is 17.6 Å². The number of hydrogen-bond acceptors (Lipinski definition) is 3. The van der Waals surface area contributed by atoms with Crippen molar-refractivity contribution in [2.45, 2.75) is 83.2 Å². The first-order valence-corrected chi connectivity index (χ1v) is 13.6. The summed E-state index contributed by atoms with van der Waals surface area (Å²) in [6, 6.07) is 9.74. The van der Waals surface area contributed by atoms with E-state index in [0.29, 0.717) is 25.2 Å². The maximum absolute atomic E-state index is 14.8. The summed E-state index contributed by atoms with van der Waals surface area (Å²) < 4.78 is 58.1. The normalized spacial score (nSPS) is 21.1. The molecule has 0 radical (unpaired) electrons. The number of hydrogen-bond donors (Lipinski definition) is 1. The Morgan fingerprint density at radius 2 is 1.74 bits per heavy atom. The van der Waals surface area contributed by atoms with Gasteiger partial charge >= 0.3 is 5.97 Å². The second kappa shape index (κ2) is 11.7. The number of carbonyl (C=O) groups excluding carboxylic acids is 1. The van der Waals surface area contributed by atoms with Gasteiger partial charge < -0.3 is 10.0 Å². The molecule has 1 N–H and O–H groups in total. The molecule has 212 valence electrons. The van der Waals surface area contributed by atoms with Gasteiger partial charge in [-0.05, 0) is 68.5 Å². The molecule has 9 heteroatoms. The van der Waals surface area contributed by atoms with Crippen LogP contribution in [-0.2, 0) is 16.1 Å². The van der Waals surface area contributed by atoms with Crippen LogP contribution in [0.25, 0.3) is 0 Å². The van der Waals surface area contributed by atoms with Gasteiger partial charge in [-0.2, -0.15) is 0 Å². The topological polar surface area (TPSA) is 60.9 Å². The molecular formula is C30H36F4N2O3. The fourth-order valence-corrected chi connectivity index (χ4v) is 5.82. The smallest absolute Gasteiger partial charge is 0.310 e. The first kappa shape index (κ1) is 29.1. The minimum absolute atomic E-state index is 0.108. The Hall–Kier alpha value is -2.94. The minimum atomic E-state index is -2.98. The summed E-state index contributed by atoms with van der Waals surface area (Å²) >= 11 is 0. The van der Waals surface area contributed by atoms with Gasteiger partial charge in [-0.1, -0.05) is 38.1 Å². The summed E-state index contributed by atoms with van der Waals surface area (Å²) in [5.41, 5.74) is -0.117. The SMILES string of the molecule is CC(C)c1ccc(CN2CCC(CC(=O)N(c3ccccc3F)C3CCCC(F)(F)C3)(C(=O)O)CC2)c(F)c1. The summed E-state index contributed by atoms with van der Waals surface area (Å²) in [5.74, 6) is -5.63. The standard InChI is InChI=1S/C30H36F4N2O3/c1-20(2)21-9-10-22(25(32)16-21)19-35-14-12-29(13-15-35,28(38)39)18-27(37)36(26-8-4-3-7-24(26)31)23-6-5-11-30(33,34)17-23/h3-4,7-10,16,20,23H,5-6,11-15,17-19H2,1-2H3,(H,38,39). The predicted molar refractivity (Wildman–Crippen MR) is 141 cm³/mol. The van der Waals surface area contributed by atoms with Crippen LogP contribution in [0, 0.1) is 17.0 Å². The van der Waals surface area contributed by atoms with Crippen LogP contribution in [0.1, 0.15) is 75.8 Å². The third-order valence-electron chi connectivity index (χ3n) is 8.25. The van der Waals surface area contributed by atoms with Crippen molar-refractivity contribution < 1.29 is 32.3 Å². The number of nitrogens with zero attached hydrogens (tertiary/aromatic N) is 2. The van der Waals surface area contributed by atoms with Crippen LogP contribution in [0.2, 0.25) is 0 Å². The zero-order chi connectivity index (χ0) is 28.4. The number of para-hydroxylation sites is 1. The molecule has 1 atom stereocenters. The van der Waals surface area contributed by atoms with E-state index in [-0.39, 0.29) is 49.5 Å². The van der Waals surface area contributed by atoms with Gasteiger partial charge in [0.25, 0.3) is 0 Å². The second-order valence-corrected chi connectivity index (χ2v) is 11.4. The summed E-state index contributed by atoms with van der Waals surface area (Å²) in [6.07, 6.45) is -0.587. The van der Waals surface area contributed by atoms with E-state index < -0.39 is 47.9 Å². The minimum Gasteiger partial charge on any atom is -0.481 e. The van der Waals surface area contributed by atoms with Gasteiger partial charge in [0.2, 0.25) is 11.8 Å². The molecule has 1 saturated heterocycles. The van der Waals surface area contributed by atoms with E-state index in [2.05, 4.69) is 0 Å². The fraction of sp³-hybridized carbons (Fsp3) is 0.533. The maximum Gasteiger partial charge on any atom is 0.310 e. The Balaban J connectivity index is 1.51. The number of anilines is 1. The maximum atomic E-state index is 14.8. The Morgan fingerprint density at radius 1 is 1.05 bits per heavy atom. The van der Waals surface area contributed by atoms with E-state index in [1.54, 1.807) is 6.07 Å². The molecule has 2 aromatic rings. The van der Waals surface area contributed by atoms with E-state index in [1.807, 2.05) is 24.8 Å². The zero-order valence-corrected chi connectivity index (χ0v) is 22.4. The first-order valence-electron chi connectivity index (χ1n) is 13.6. The molecule has 5 nitrogen and oxygen atoms in total. The van der Waals surface area contributed by atoms with Crippen molar-refractivity contribution in [1.82, 2.24) is 4.90 Å². The Morgan fingerprint density at radius 3 is 2.33 bits per heavy atom. The third-order valence-corrected chi connectivity index (χ3v) is 8.25.